The van der Waals surface area contributed by atoms with Gasteiger partial charge in [-0.15, -0.1) is 0 Å². The van der Waals surface area contributed by atoms with E-state index in [9.17, 15) is 0 Å². The summed E-state index contributed by atoms with van der Waals surface area (Å²) in [4.78, 5) is 0. The van der Waals surface area contributed by atoms with Crippen LogP contribution in [0.3, 0.4) is 0 Å². The van der Waals surface area contributed by atoms with E-state index in [0.717, 1.165) is 17.0 Å². The SMILES string of the molecule is Cc1cc(CNCc2cccc(Cl)c2Cl)on1. The molecule has 1 aromatic carbocycles. The zero-order chi connectivity index (χ0) is 12.3. The highest BCUT2D eigenvalue weighted by atomic mass is 35.5. The van der Waals surface area contributed by atoms with Crippen molar-refractivity contribution in [2.75, 3.05) is 0 Å². The molecule has 0 aliphatic rings. The summed E-state index contributed by atoms with van der Waals surface area (Å²) in [7, 11) is 0. The van der Waals surface area contributed by atoms with Gasteiger partial charge in [0.15, 0.2) is 5.76 Å². The van der Waals surface area contributed by atoms with E-state index in [1.54, 1.807) is 6.07 Å². The van der Waals surface area contributed by atoms with E-state index in [1.165, 1.54) is 0 Å². The number of aryl methyl sites for hydroxylation is 1. The number of hydrogen-bond donors (Lipinski definition) is 1. The van der Waals surface area contributed by atoms with Crippen molar-refractivity contribution in [3.63, 3.8) is 0 Å². The first-order valence-corrected chi connectivity index (χ1v) is 5.98. The molecular weight excluding hydrogens is 259 g/mol. The first-order valence-electron chi connectivity index (χ1n) is 5.22. The second kappa shape index (κ2) is 5.54. The van der Waals surface area contributed by atoms with Crippen LogP contribution in [-0.2, 0) is 13.1 Å². The minimum atomic E-state index is 0.571. The van der Waals surface area contributed by atoms with Crippen molar-refractivity contribution in [1.29, 1.82) is 0 Å². The van der Waals surface area contributed by atoms with Gasteiger partial charge in [0, 0.05) is 12.6 Å². The molecule has 0 saturated carbocycles. The van der Waals surface area contributed by atoms with Crippen LogP contribution in [0.1, 0.15) is 17.0 Å². The highest BCUT2D eigenvalue weighted by Crippen LogP contribution is 2.25. The van der Waals surface area contributed by atoms with E-state index in [4.69, 9.17) is 27.7 Å². The van der Waals surface area contributed by atoms with Crippen molar-refractivity contribution in [2.24, 2.45) is 0 Å². The van der Waals surface area contributed by atoms with E-state index >= 15 is 0 Å². The number of halogens is 2. The Balaban J connectivity index is 1.92. The van der Waals surface area contributed by atoms with Gasteiger partial charge in [-0.05, 0) is 18.6 Å². The molecule has 0 aliphatic heterocycles. The van der Waals surface area contributed by atoms with Crippen LogP contribution in [0.5, 0.6) is 0 Å². The quantitative estimate of drug-likeness (QED) is 0.923. The van der Waals surface area contributed by atoms with E-state index < -0.39 is 0 Å². The van der Waals surface area contributed by atoms with Crippen LogP contribution < -0.4 is 5.32 Å². The lowest BCUT2D eigenvalue weighted by Gasteiger charge is -2.06. The molecule has 2 rings (SSSR count). The Bertz CT molecular complexity index is 511. The molecule has 0 fully saturated rings. The first kappa shape index (κ1) is 12.4. The number of nitrogens with zero attached hydrogens (tertiary/aromatic N) is 1. The van der Waals surface area contributed by atoms with Gasteiger partial charge in [0.1, 0.15) is 0 Å². The lowest BCUT2D eigenvalue weighted by molar-refractivity contribution is 0.369. The maximum absolute atomic E-state index is 6.07. The van der Waals surface area contributed by atoms with Gasteiger partial charge in [0.2, 0.25) is 0 Å². The summed E-state index contributed by atoms with van der Waals surface area (Å²) in [5.74, 6) is 0.806. The molecule has 1 aromatic heterocycles. The number of aromatic nitrogens is 1. The molecule has 5 heteroatoms. The van der Waals surface area contributed by atoms with Crippen molar-refractivity contribution in [2.45, 2.75) is 20.0 Å². The molecule has 3 nitrogen and oxygen atoms in total. The van der Waals surface area contributed by atoms with Gasteiger partial charge >= 0.3 is 0 Å². The van der Waals surface area contributed by atoms with Crippen LogP contribution in [0.15, 0.2) is 28.8 Å². The lowest BCUT2D eigenvalue weighted by Crippen LogP contribution is -2.12. The average Bonchev–Trinajstić information content (AvgIpc) is 2.70. The fourth-order valence-electron chi connectivity index (χ4n) is 1.50. The maximum atomic E-state index is 6.07. The molecule has 90 valence electrons. The molecule has 17 heavy (non-hydrogen) atoms. The summed E-state index contributed by atoms with van der Waals surface area (Å²) in [6.07, 6.45) is 0. The van der Waals surface area contributed by atoms with Gasteiger partial charge in [-0.3, -0.25) is 0 Å². The van der Waals surface area contributed by atoms with Gasteiger partial charge in [0.05, 0.1) is 22.3 Å². The van der Waals surface area contributed by atoms with Crippen molar-refractivity contribution in [1.82, 2.24) is 10.5 Å². The van der Waals surface area contributed by atoms with Crippen molar-refractivity contribution in [3.05, 3.63) is 51.3 Å². The van der Waals surface area contributed by atoms with Crippen molar-refractivity contribution >= 4 is 23.2 Å². The molecule has 0 saturated heterocycles. The summed E-state index contributed by atoms with van der Waals surface area (Å²) in [6.45, 7) is 3.14. The molecule has 0 radical (unpaired) electrons. The highest BCUT2D eigenvalue weighted by molar-refractivity contribution is 6.42. The maximum Gasteiger partial charge on any atom is 0.150 e. The predicted molar refractivity (Wildman–Crippen MR) is 68.2 cm³/mol. The fraction of sp³-hybridized carbons (Fsp3) is 0.250. The topological polar surface area (TPSA) is 38.1 Å². The molecule has 0 spiro atoms. The molecule has 0 unspecified atom stereocenters. The third-order valence-corrected chi connectivity index (χ3v) is 3.18. The number of benzene rings is 1. The average molecular weight is 271 g/mol. The van der Waals surface area contributed by atoms with E-state index in [2.05, 4.69) is 10.5 Å². The van der Waals surface area contributed by atoms with Crippen LogP contribution in [0.25, 0.3) is 0 Å². The highest BCUT2D eigenvalue weighted by Gasteiger charge is 2.04. The first-order chi connectivity index (χ1) is 8.16. The molecule has 0 bridgehead atoms. The normalized spacial score (nSPS) is 10.8. The smallest absolute Gasteiger partial charge is 0.150 e. The summed E-state index contributed by atoms with van der Waals surface area (Å²) in [6, 6.07) is 7.48. The fourth-order valence-corrected chi connectivity index (χ4v) is 1.89. The van der Waals surface area contributed by atoms with Crippen LogP contribution in [-0.4, -0.2) is 5.16 Å². The summed E-state index contributed by atoms with van der Waals surface area (Å²) in [5, 5.41) is 8.20. The predicted octanol–water partition coefficient (Wildman–Crippen LogP) is 3.58. The van der Waals surface area contributed by atoms with Gasteiger partial charge in [-0.2, -0.15) is 0 Å². The Kier molecular flexibility index (Phi) is 4.05. The molecular formula is C12H12Cl2N2O. The zero-order valence-electron chi connectivity index (χ0n) is 9.34. The van der Waals surface area contributed by atoms with Crippen LogP contribution in [0, 0.1) is 6.92 Å². The largest absolute Gasteiger partial charge is 0.360 e. The van der Waals surface area contributed by atoms with E-state index in [0.29, 0.717) is 23.1 Å². The minimum Gasteiger partial charge on any atom is -0.360 e. The van der Waals surface area contributed by atoms with Gasteiger partial charge in [0.25, 0.3) is 0 Å². The number of nitrogens with one attached hydrogen (secondary N) is 1. The van der Waals surface area contributed by atoms with Gasteiger partial charge < -0.3 is 9.84 Å². The van der Waals surface area contributed by atoms with Crippen molar-refractivity contribution < 1.29 is 4.52 Å². The van der Waals surface area contributed by atoms with Crippen molar-refractivity contribution in [3.8, 4) is 0 Å². The Morgan fingerprint density at radius 3 is 2.82 bits per heavy atom. The van der Waals surface area contributed by atoms with Gasteiger partial charge in [-0.1, -0.05) is 40.5 Å². The van der Waals surface area contributed by atoms with Crippen LogP contribution in [0.2, 0.25) is 10.0 Å². The molecule has 0 atom stereocenters. The minimum absolute atomic E-state index is 0.571. The third-order valence-electron chi connectivity index (χ3n) is 2.32. The Hall–Kier alpha value is -1.03. The Morgan fingerprint density at radius 2 is 2.12 bits per heavy atom. The van der Waals surface area contributed by atoms with Crippen LogP contribution >= 0.6 is 23.2 Å². The summed E-state index contributed by atoms with van der Waals surface area (Å²) in [5.41, 5.74) is 1.85. The second-order valence-electron chi connectivity index (χ2n) is 3.75. The standard InChI is InChI=1S/C12H12Cl2N2O/c1-8-5-10(17-16-8)7-15-6-9-3-2-4-11(13)12(9)14/h2-5,15H,6-7H2,1H3. The number of rotatable bonds is 4. The molecule has 1 heterocycles. The molecule has 2 aromatic rings. The lowest BCUT2D eigenvalue weighted by atomic mass is 10.2. The molecule has 0 amide bonds. The Labute approximate surface area is 110 Å². The summed E-state index contributed by atoms with van der Waals surface area (Å²) < 4.78 is 5.08. The summed E-state index contributed by atoms with van der Waals surface area (Å²) >= 11 is 12.0. The number of hydrogen-bond acceptors (Lipinski definition) is 3. The van der Waals surface area contributed by atoms with Crippen LogP contribution in [0.4, 0.5) is 0 Å². The monoisotopic (exact) mass is 270 g/mol. The van der Waals surface area contributed by atoms with Gasteiger partial charge in [-0.25, -0.2) is 0 Å². The molecule has 1 N–H and O–H groups in total. The molecule has 0 aliphatic carbocycles. The van der Waals surface area contributed by atoms with E-state index in [1.807, 2.05) is 25.1 Å². The zero-order valence-corrected chi connectivity index (χ0v) is 10.8. The van der Waals surface area contributed by atoms with E-state index in [-0.39, 0.29) is 0 Å². The Morgan fingerprint density at radius 1 is 1.29 bits per heavy atom. The second-order valence-corrected chi connectivity index (χ2v) is 4.54. The third kappa shape index (κ3) is 3.22.